The van der Waals surface area contributed by atoms with Crippen LogP contribution in [-0.2, 0) is 16.7 Å². The number of ether oxygens (including phenoxy) is 1. The first-order valence-electron chi connectivity index (χ1n) is 9.04. The molecule has 1 aliphatic heterocycles. The monoisotopic (exact) mass is 499 g/mol. The number of rotatable bonds is 5. The van der Waals surface area contributed by atoms with Crippen molar-refractivity contribution in [3.63, 3.8) is 0 Å². The summed E-state index contributed by atoms with van der Waals surface area (Å²) in [5.41, 5.74) is 2.50. The van der Waals surface area contributed by atoms with Crippen LogP contribution in [0.3, 0.4) is 0 Å². The second-order valence-electron chi connectivity index (χ2n) is 6.67. The van der Waals surface area contributed by atoms with Crippen molar-refractivity contribution in [3.05, 3.63) is 70.7 Å². The van der Waals surface area contributed by atoms with Gasteiger partial charge in [0.1, 0.15) is 0 Å². The Labute approximate surface area is 183 Å². The number of benzene rings is 2. The van der Waals surface area contributed by atoms with Gasteiger partial charge in [0.25, 0.3) is 0 Å². The Morgan fingerprint density at radius 1 is 1.07 bits per heavy atom. The molecule has 0 bridgehead atoms. The quantitative estimate of drug-likeness (QED) is 0.365. The highest BCUT2D eigenvalue weighted by molar-refractivity contribution is 14.0. The summed E-state index contributed by atoms with van der Waals surface area (Å²) in [6, 6.07) is 18.5. The van der Waals surface area contributed by atoms with Gasteiger partial charge in [0.15, 0.2) is 5.96 Å². The van der Waals surface area contributed by atoms with Gasteiger partial charge in [0, 0.05) is 43.8 Å². The van der Waals surface area contributed by atoms with Crippen molar-refractivity contribution in [2.24, 2.45) is 4.99 Å². The van der Waals surface area contributed by atoms with E-state index in [0.717, 1.165) is 50.1 Å². The van der Waals surface area contributed by atoms with Crippen molar-refractivity contribution < 1.29 is 4.74 Å². The SMILES string of the molecule is CN=C(NCc1ccccc1)NCC1(c2cccc(Cl)c2)CCOCC1.I. The predicted octanol–water partition coefficient (Wildman–Crippen LogP) is 4.37. The van der Waals surface area contributed by atoms with Gasteiger partial charge < -0.3 is 15.4 Å². The largest absolute Gasteiger partial charge is 0.381 e. The Balaban J connectivity index is 0.00000261. The number of nitrogens with one attached hydrogen (secondary N) is 2. The second kappa shape index (κ2) is 10.9. The molecule has 2 aromatic rings. The smallest absolute Gasteiger partial charge is 0.191 e. The van der Waals surface area contributed by atoms with Crippen molar-refractivity contribution in [1.82, 2.24) is 10.6 Å². The Morgan fingerprint density at radius 3 is 2.48 bits per heavy atom. The lowest BCUT2D eigenvalue weighted by atomic mass is 9.74. The third-order valence-electron chi connectivity index (χ3n) is 5.01. The maximum atomic E-state index is 6.25. The molecule has 0 radical (unpaired) electrons. The minimum atomic E-state index is 0. The zero-order chi connectivity index (χ0) is 18.2. The molecule has 1 aliphatic rings. The summed E-state index contributed by atoms with van der Waals surface area (Å²) in [7, 11) is 1.80. The molecular formula is C21H27ClIN3O. The highest BCUT2D eigenvalue weighted by Gasteiger charge is 2.34. The normalized spacial score (nSPS) is 16.3. The van der Waals surface area contributed by atoms with E-state index in [1.807, 2.05) is 30.3 Å². The van der Waals surface area contributed by atoms with E-state index in [1.54, 1.807) is 7.05 Å². The molecule has 1 fully saturated rings. The van der Waals surface area contributed by atoms with Gasteiger partial charge in [-0.2, -0.15) is 0 Å². The van der Waals surface area contributed by atoms with Gasteiger partial charge in [0.2, 0.25) is 0 Å². The molecule has 0 aromatic heterocycles. The first-order valence-corrected chi connectivity index (χ1v) is 9.42. The zero-order valence-corrected chi connectivity index (χ0v) is 18.7. The number of hydrogen-bond acceptors (Lipinski definition) is 2. The molecule has 1 heterocycles. The lowest BCUT2D eigenvalue weighted by molar-refractivity contribution is 0.0514. The fourth-order valence-electron chi connectivity index (χ4n) is 3.40. The summed E-state index contributed by atoms with van der Waals surface area (Å²) in [6.45, 7) is 3.08. The van der Waals surface area contributed by atoms with E-state index in [1.165, 1.54) is 11.1 Å². The molecule has 4 nitrogen and oxygen atoms in total. The number of halogens is 2. The van der Waals surface area contributed by atoms with Crippen LogP contribution in [0.5, 0.6) is 0 Å². The summed E-state index contributed by atoms with van der Waals surface area (Å²) in [5, 5.41) is 7.67. The van der Waals surface area contributed by atoms with Gasteiger partial charge in [-0.05, 0) is 36.1 Å². The van der Waals surface area contributed by atoms with Gasteiger partial charge in [-0.15, -0.1) is 24.0 Å². The van der Waals surface area contributed by atoms with Gasteiger partial charge in [-0.3, -0.25) is 4.99 Å². The van der Waals surface area contributed by atoms with E-state index in [0.29, 0.717) is 0 Å². The van der Waals surface area contributed by atoms with Crippen LogP contribution < -0.4 is 10.6 Å². The summed E-state index contributed by atoms with van der Waals surface area (Å²) < 4.78 is 5.61. The molecule has 2 aromatic carbocycles. The molecule has 1 saturated heterocycles. The average Bonchev–Trinajstić information content (AvgIpc) is 2.69. The maximum Gasteiger partial charge on any atom is 0.191 e. The molecule has 2 N–H and O–H groups in total. The second-order valence-corrected chi connectivity index (χ2v) is 7.10. The molecule has 0 amide bonds. The summed E-state index contributed by atoms with van der Waals surface area (Å²) >= 11 is 6.25. The van der Waals surface area contributed by atoms with Crippen molar-refractivity contribution in [1.29, 1.82) is 0 Å². The summed E-state index contributed by atoms with van der Waals surface area (Å²) in [5.74, 6) is 0.807. The molecule has 27 heavy (non-hydrogen) atoms. The standard InChI is InChI=1S/C21H26ClN3O.HI/c1-23-20(24-15-17-6-3-2-4-7-17)25-16-21(10-12-26-13-11-21)18-8-5-9-19(22)14-18;/h2-9,14H,10-13,15-16H2,1H3,(H2,23,24,25);1H. The Kier molecular flexibility index (Phi) is 8.86. The van der Waals surface area contributed by atoms with Crippen molar-refractivity contribution in [2.45, 2.75) is 24.8 Å². The number of nitrogens with zero attached hydrogens (tertiary/aromatic N) is 1. The van der Waals surface area contributed by atoms with E-state index in [9.17, 15) is 0 Å². The van der Waals surface area contributed by atoms with E-state index in [-0.39, 0.29) is 29.4 Å². The predicted molar refractivity (Wildman–Crippen MR) is 123 cm³/mol. The fourth-order valence-corrected chi connectivity index (χ4v) is 3.59. The molecule has 0 aliphatic carbocycles. The van der Waals surface area contributed by atoms with Gasteiger partial charge >= 0.3 is 0 Å². The van der Waals surface area contributed by atoms with Crippen molar-refractivity contribution >= 4 is 41.5 Å². The van der Waals surface area contributed by atoms with Gasteiger partial charge in [0.05, 0.1) is 0 Å². The van der Waals surface area contributed by atoms with Crippen LogP contribution in [0.25, 0.3) is 0 Å². The zero-order valence-electron chi connectivity index (χ0n) is 15.6. The molecular weight excluding hydrogens is 473 g/mol. The van der Waals surface area contributed by atoms with Crippen LogP contribution in [0.1, 0.15) is 24.0 Å². The van der Waals surface area contributed by atoms with Crippen molar-refractivity contribution in [2.75, 3.05) is 26.8 Å². The molecule has 146 valence electrons. The highest BCUT2D eigenvalue weighted by Crippen LogP contribution is 2.35. The van der Waals surface area contributed by atoms with Crippen molar-refractivity contribution in [3.8, 4) is 0 Å². The third-order valence-corrected chi connectivity index (χ3v) is 5.24. The van der Waals surface area contributed by atoms with Crippen LogP contribution in [0.2, 0.25) is 5.02 Å². The number of guanidine groups is 1. The number of hydrogen-bond donors (Lipinski definition) is 2. The molecule has 0 saturated carbocycles. The minimum absolute atomic E-state index is 0. The molecule has 3 rings (SSSR count). The minimum Gasteiger partial charge on any atom is -0.381 e. The fraction of sp³-hybridized carbons (Fsp3) is 0.381. The Morgan fingerprint density at radius 2 is 1.81 bits per heavy atom. The van der Waals surface area contributed by atoms with Crippen LogP contribution in [0, 0.1) is 0 Å². The van der Waals surface area contributed by atoms with E-state index >= 15 is 0 Å². The molecule has 0 spiro atoms. The molecule has 6 heteroatoms. The first-order chi connectivity index (χ1) is 12.7. The average molecular weight is 500 g/mol. The third kappa shape index (κ3) is 6.09. The van der Waals surface area contributed by atoms with Gasteiger partial charge in [-0.25, -0.2) is 0 Å². The van der Waals surface area contributed by atoms with Crippen LogP contribution >= 0.6 is 35.6 Å². The van der Waals surface area contributed by atoms with E-state index in [4.69, 9.17) is 16.3 Å². The molecule has 0 unspecified atom stereocenters. The van der Waals surface area contributed by atoms with Gasteiger partial charge in [-0.1, -0.05) is 54.1 Å². The Hall–Kier alpha value is -1.31. The summed E-state index contributed by atoms with van der Waals surface area (Å²) in [4.78, 5) is 4.37. The van der Waals surface area contributed by atoms with E-state index in [2.05, 4.69) is 39.9 Å². The van der Waals surface area contributed by atoms with Crippen LogP contribution in [0.4, 0.5) is 0 Å². The lowest BCUT2D eigenvalue weighted by Gasteiger charge is -2.38. The summed E-state index contributed by atoms with van der Waals surface area (Å²) in [6.07, 6.45) is 1.94. The number of aliphatic imine (C=N–C) groups is 1. The Bertz CT molecular complexity index is 733. The maximum absolute atomic E-state index is 6.25. The lowest BCUT2D eigenvalue weighted by Crippen LogP contribution is -2.47. The first kappa shape index (κ1) is 22.0. The molecule has 0 atom stereocenters. The topological polar surface area (TPSA) is 45.7 Å². The van der Waals surface area contributed by atoms with E-state index < -0.39 is 0 Å². The van der Waals surface area contributed by atoms with Crippen LogP contribution in [0.15, 0.2) is 59.6 Å². The highest BCUT2D eigenvalue weighted by atomic mass is 127. The van der Waals surface area contributed by atoms with Crippen LogP contribution in [-0.4, -0.2) is 32.8 Å².